The number of methoxy groups -OCH3 is 2. The van der Waals surface area contributed by atoms with Gasteiger partial charge in [-0.15, -0.1) is 0 Å². The summed E-state index contributed by atoms with van der Waals surface area (Å²) < 4.78 is 9.59. The third kappa shape index (κ3) is 12.5. The van der Waals surface area contributed by atoms with Crippen molar-refractivity contribution in [3.8, 4) is 0 Å². The molecule has 0 fully saturated rings. The third-order valence-corrected chi connectivity index (χ3v) is 7.73. The molecule has 0 saturated carbocycles. The van der Waals surface area contributed by atoms with Crippen molar-refractivity contribution < 1.29 is 28.7 Å². The number of Topliss-reactive ketones (excluding diaryl/α,β-unsaturated/α-hetero) is 2. The number of nitrogens with zero attached hydrogens (tertiary/aromatic N) is 4. The number of nitrogens with one attached hydrogen (secondary N) is 2. The van der Waals surface area contributed by atoms with Crippen molar-refractivity contribution in [3.63, 3.8) is 0 Å². The van der Waals surface area contributed by atoms with Crippen LogP contribution in [0.2, 0.25) is 0 Å². The maximum Gasteiger partial charge on any atom is 0.307 e. The number of carbonyl (C=O) groups is 4. The van der Waals surface area contributed by atoms with Crippen LogP contribution >= 0.6 is 21.6 Å². The van der Waals surface area contributed by atoms with E-state index in [2.05, 4.69) is 30.6 Å². The summed E-state index contributed by atoms with van der Waals surface area (Å²) in [6, 6.07) is -0.433. The Morgan fingerprint density at radius 1 is 0.737 bits per heavy atom. The van der Waals surface area contributed by atoms with E-state index in [1.165, 1.54) is 73.0 Å². The highest BCUT2D eigenvalue weighted by atomic mass is 33.1. The summed E-state index contributed by atoms with van der Waals surface area (Å²) in [6.45, 7) is 0.739. The molecule has 0 aliphatic carbocycles. The van der Waals surface area contributed by atoms with Gasteiger partial charge in [0.1, 0.15) is 11.4 Å². The molecule has 206 valence electrons. The predicted molar refractivity (Wildman–Crippen MR) is 144 cm³/mol. The van der Waals surface area contributed by atoms with E-state index in [4.69, 9.17) is 9.47 Å². The Morgan fingerprint density at radius 2 is 1.16 bits per heavy atom. The Hall–Kier alpha value is -2.94. The molecule has 0 aliphatic rings. The summed E-state index contributed by atoms with van der Waals surface area (Å²) in [7, 11) is 5.72. The first-order valence-electron chi connectivity index (χ1n) is 11.9. The van der Waals surface area contributed by atoms with Crippen LogP contribution in [-0.2, 0) is 19.1 Å². The number of aromatic nitrogens is 4. The van der Waals surface area contributed by atoms with Gasteiger partial charge in [0.05, 0.1) is 39.5 Å². The zero-order valence-electron chi connectivity index (χ0n) is 21.3. The lowest BCUT2D eigenvalue weighted by Crippen LogP contribution is -2.36. The summed E-state index contributed by atoms with van der Waals surface area (Å²) in [4.78, 5) is 64.0. The fourth-order valence-electron chi connectivity index (χ4n) is 3.13. The second kappa shape index (κ2) is 18.3. The molecule has 2 atom stereocenters. The summed E-state index contributed by atoms with van der Waals surface area (Å²) in [6.07, 6.45) is 9.51. The normalized spacial score (nSPS) is 12.4. The van der Waals surface area contributed by atoms with Gasteiger partial charge in [-0.2, -0.15) is 0 Å². The van der Waals surface area contributed by atoms with Gasteiger partial charge in [0.25, 0.3) is 0 Å². The van der Waals surface area contributed by atoms with Gasteiger partial charge in [0.2, 0.25) is 0 Å². The van der Waals surface area contributed by atoms with Crippen molar-refractivity contribution in [2.75, 3.05) is 38.8 Å². The standard InChI is InChI=1S/C24H32N6O6S2/c1-35-23(33)11-17(27-5-3-21(31)19-13-25-7-9-29-19)15-37-38-16-18(12-24(34)36-2)28-6-4-22(32)20-14-26-8-10-30-20/h7-10,13-14,17-18,27-28H,3-6,11-12,15-16H2,1-2H3. The quantitative estimate of drug-likeness (QED) is 0.109. The zero-order valence-corrected chi connectivity index (χ0v) is 23.0. The van der Waals surface area contributed by atoms with Crippen molar-refractivity contribution in [3.05, 3.63) is 48.6 Å². The van der Waals surface area contributed by atoms with Crippen LogP contribution in [0.1, 0.15) is 46.7 Å². The van der Waals surface area contributed by atoms with Crippen molar-refractivity contribution in [2.45, 2.75) is 37.8 Å². The van der Waals surface area contributed by atoms with E-state index >= 15 is 0 Å². The van der Waals surface area contributed by atoms with Crippen LogP contribution in [0.25, 0.3) is 0 Å². The fourth-order valence-corrected chi connectivity index (χ4v) is 5.69. The van der Waals surface area contributed by atoms with Gasteiger partial charge in [0.15, 0.2) is 11.6 Å². The summed E-state index contributed by atoms with van der Waals surface area (Å²) >= 11 is 0. The number of esters is 2. The minimum absolute atomic E-state index is 0.140. The predicted octanol–water partition coefficient (Wildman–Crippen LogP) is 1.54. The molecular formula is C24H32N6O6S2. The van der Waals surface area contributed by atoms with E-state index in [-0.39, 0.29) is 61.3 Å². The number of ether oxygens (including phenoxy) is 2. The Morgan fingerprint density at radius 3 is 1.50 bits per heavy atom. The summed E-state index contributed by atoms with van der Waals surface area (Å²) in [5.41, 5.74) is 0.595. The van der Waals surface area contributed by atoms with E-state index in [9.17, 15) is 19.2 Å². The molecule has 0 bridgehead atoms. The smallest absolute Gasteiger partial charge is 0.307 e. The molecule has 2 aromatic rings. The minimum atomic E-state index is -0.355. The number of ketones is 2. The second-order valence-corrected chi connectivity index (χ2v) is 10.5. The Bertz CT molecular complexity index is 936. The van der Waals surface area contributed by atoms with Crippen LogP contribution in [0.4, 0.5) is 0 Å². The van der Waals surface area contributed by atoms with Crippen LogP contribution in [-0.4, -0.2) is 94.3 Å². The molecule has 2 aromatic heterocycles. The van der Waals surface area contributed by atoms with Crippen LogP contribution in [0.3, 0.4) is 0 Å². The van der Waals surface area contributed by atoms with Gasteiger partial charge in [-0.25, -0.2) is 9.97 Å². The lowest BCUT2D eigenvalue weighted by atomic mass is 10.2. The van der Waals surface area contributed by atoms with E-state index < -0.39 is 0 Å². The molecular weight excluding hydrogens is 532 g/mol. The molecule has 0 aliphatic heterocycles. The van der Waals surface area contributed by atoms with Crippen molar-refractivity contribution in [2.24, 2.45) is 0 Å². The number of hydrogen-bond donors (Lipinski definition) is 2. The Kier molecular flexibility index (Phi) is 15.1. The highest BCUT2D eigenvalue weighted by Crippen LogP contribution is 2.24. The first-order valence-corrected chi connectivity index (χ1v) is 14.3. The number of hydrogen-bond acceptors (Lipinski definition) is 14. The molecule has 0 saturated heterocycles. The zero-order chi connectivity index (χ0) is 27.6. The molecule has 0 spiro atoms. The molecule has 0 radical (unpaired) electrons. The lowest BCUT2D eigenvalue weighted by molar-refractivity contribution is -0.142. The summed E-state index contributed by atoms with van der Waals surface area (Å²) in [5, 5.41) is 6.47. The molecule has 2 N–H and O–H groups in total. The molecule has 0 amide bonds. The first-order chi connectivity index (χ1) is 18.4. The molecule has 2 unspecified atom stereocenters. The second-order valence-electron chi connectivity index (χ2n) is 7.96. The molecule has 12 nitrogen and oxygen atoms in total. The van der Waals surface area contributed by atoms with Gasteiger partial charge < -0.3 is 20.1 Å². The summed E-state index contributed by atoms with van der Waals surface area (Å²) in [5.74, 6) is 0.139. The fraction of sp³-hybridized carbons (Fsp3) is 0.500. The monoisotopic (exact) mass is 564 g/mol. The van der Waals surface area contributed by atoms with E-state index in [0.717, 1.165) is 0 Å². The Balaban J connectivity index is 1.78. The van der Waals surface area contributed by atoms with Gasteiger partial charge in [0, 0.05) is 74.3 Å². The molecule has 14 heteroatoms. The first kappa shape index (κ1) is 31.3. The van der Waals surface area contributed by atoms with Crippen LogP contribution in [0.5, 0.6) is 0 Å². The molecule has 38 heavy (non-hydrogen) atoms. The van der Waals surface area contributed by atoms with Crippen LogP contribution in [0.15, 0.2) is 37.2 Å². The number of carbonyl (C=O) groups excluding carboxylic acids is 4. The van der Waals surface area contributed by atoms with E-state index in [1.807, 2.05) is 0 Å². The van der Waals surface area contributed by atoms with Gasteiger partial charge in [-0.1, -0.05) is 21.6 Å². The minimum Gasteiger partial charge on any atom is -0.469 e. The Labute approximate surface area is 229 Å². The molecule has 0 aromatic carbocycles. The lowest BCUT2D eigenvalue weighted by Gasteiger charge is -2.19. The van der Waals surface area contributed by atoms with Crippen molar-refractivity contribution in [1.82, 2.24) is 30.6 Å². The largest absolute Gasteiger partial charge is 0.469 e. The topological polar surface area (TPSA) is 162 Å². The van der Waals surface area contributed by atoms with E-state index in [0.29, 0.717) is 36.0 Å². The average Bonchev–Trinajstić information content (AvgIpc) is 2.95. The highest BCUT2D eigenvalue weighted by Gasteiger charge is 2.18. The molecule has 2 rings (SSSR count). The highest BCUT2D eigenvalue weighted by molar-refractivity contribution is 8.76. The van der Waals surface area contributed by atoms with Gasteiger partial charge in [-0.05, 0) is 0 Å². The average molecular weight is 565 g/mol. The van der Waals surface area contributed by atoms with Gasteiger partial charge in [-0.3, -0.25) is 29.1 Å². The third-order valence-electron chi connectivity index (χ3n) is 5.17. The SMILES string of the molecule is COC(=O)CC(CSSCC(CC(=O)OC)NCCC(=O)c1cnccn1)NCCC(=O)c1cnccn1. The maximum absolute atomic E-state index is 12.2. The maximum atomic E-state index is 12.2. The molecule has 2 heterocycles. The van der Waals surface area contributed by atoms with Crippen LogP contribution in [0, 0.1) is 0 Å². The van der Waals surface area contributed by atoms with E-state index in [1.54, 1.807) is 0 Å². The van der Waals surface area contributed by atoms with Crippen LogP contribution < -0.4 is 10.6 Å². The van der Waals surface area contributed by atoms with Crippen molar-refractivity contribution >= 4 is 45.1 Å². The van der Waals surface area contributed by atoms with Crippen molar-refractivity contribution in [1.29, 1.82) is 0 Å². The van der Waals surface area contributed by atoms with Gasteiger partial charge >= 0.3 is 11.9 Å². The number of rotatable bonds is 19.